The van der Waals surface area contributed by atoms with Crippen molar-refractivity contribution in [3.8, 4) is 0 Å². The van der Waals surface area contributed by atoms with Crippen molar-refractivity contribution in [2.45, 2.75) is 24.8 Å². The first-order chi connectivity index (χ1) is 6.62. The molecule has 0 aromatic carbocycles. The molecule has 4 nitrogen and oxygen atoms in total. The molecule has 1 atom stereocenters. The molecule has 1 heterocycles. The van der Waals surface area contributed by atoms with Gasteiger partial charge in [-0.2, -0.15) is 0 Å². The monoisotopic (exact) mass is 198 g/mol. The van der Waals surface area contributed by atoms with Crippen LogP contribution in [-0.2, 0) is 4.79 Å². The Kier molecular flexibility index (Phi) is 2.49. The van der Waals surface area contributed by atoms with Gasteiger partial charge in [0.25, 0.3) is 0 Å². The number of likely N-dealkylation sites (N-methyl/N-ethyl adjacent to an activating group) is 1. The Balaban J connectivity index is 1.94. The van der Waals surface area contributed by atoms with Crippen molar-refractivity contribution in [1.82, 2.24) is 10.2 Å². The smallest absolute Gasteiger partial charge is 0.325 e. The molecule has 2 fully saturated rings. The molecular weight excluding hydrogens is 180 g/mol. The number of carbonyl (C=O) groups is 1. The standard InChI is InChI=1S/C10H18N2O2/c1-12-5-4-10(7-12,9(13)14)11-6-8-2-3-8/h8,11H,2-7H2,1H3,(H,13,14). The van der Waals surface area contributed by atoms with E-state index in [1.165, 1.54) is 12.8 Å². The van der Waals surface area contributed by atoms with Crippen molar-refractivity contribution in [1.29, 1.82) is 0 Å². The second-order valence-corrected chi connectivity index (χ2v) is 4.70. The normalized spacial score (nSPS) is 33.5. The first kappa shape index (κ1) is 9.93. The molecule has 1 aliphatic carbocycles. The number of hydrogen-bond donors (Lipinski definition) is 2. The van der Waals surface area contributed by atoms with E-state index in [0.29, 0.717) is 6.54 Å². The van der Waals surface area contributed by atoms with Crippen molar-refractivity contribution in [2.75, 3.05) is 26.7 Å². The molecule has 2 N–H and O–H groups in total. The third-order valence-corrected chi connectivity index (χ3v) is 3.30. The van der Waals surface area contributed by atoms with Crippen molar-refractivity contribution < 1.29 is 9.90 Å². The Labute approximate surface area is 84.3 Å². The lowest BCUT2D eigenvalue weighted by Gasteiger charge is -2.25. The minimum Gasteiger partial charge on any atom is -0.480 e. The van der Waals surface area contributed by atoms with Crippen LogP contribution in [-0.4, -0.2) is 48.2 Å². The highest BCUT2D eigenvalue weighted by Gasteiger charge is 2.44. The van der Waals surface area contributed by atoms with Gasteiger partial charge in [0.15, 0.2) is 0 Å². The Hall–Kier alpha value is -0.610. The first-order valence-corrected chi connectivity index (χ1v) is 5.29. The lowest BCUT2D eigenvalue weighted by molar-refractivity contribution is -0.144. The second kappa shape index (κ2) is 3.51. The fraction of sp³-hybridized carbons (Fsp3) is 0.900. The maximum atomic E-state index is 11.2. The molecule has 80 valence electrons. The van der Waals surface area contributed by atoms with Gasteiger partial charge in [0, 0.05) is 13.1 Å². The quantitative estimate of drug-likeness (QED) is 0.675. The molecule has 1 saturated carbocycles. The molecule has 2 rings (SSSR count). The highest BCUT2D eigenvalue weighted by Crippen LogP contribution is 2.29. The number of rotatable bonds is 4. The van der Waals surface area contributed by atoms with Crippen LogP contribution in [0.15, 0.2) is 0 Å². The maximum absolute atomic E-state index is 11.2. The van der Waals surface area contributed by atoms with E-state index < -0.39 is 11.5 Å². The number of nitrogens with zero attached hydrogens (tertiary/aromatic N) is 1. The minimum absolute atomic E-state index is 0.634. The SMILES string of the molecule is CN1CCC(NCC2CC2)(C(=O)O)C1. The van der Waals surface area contributed by atoms with Crippen molar-refractivity contribution in [3.05, 3.63) is 0 Å². The van der Waals surface area contributed by atoms with Gasteiger partial charge in [-0.15, -0.1) is 0 Å². The molecule has 0 spiro atoms. The van der Waals surface area contributed by atoms with Gasteiger partial charge in [0.05, 0.1) is 0 Å². The van der Waals surface area contributed by atoms with E-state index in [1.807, 2.05) is 7.05 Å². The summed E-state index contributed by atoms with van der Waals surface area (Å²) in [5, 5.41) is 12.5. The summed E-state index contributed by atoms with van der Waals surface area (Å²) in [6, 6.07) is 0. The van der Waals surface area contributed by atoms with E-state index in [1.54, 1.807) is 0 Å². The summed E-state index contributed by atoms with van der Waals surface area (Å²) in [5.74, 6) is 0.0413. The van der Waals surface area contributed by atoms with Gasteiger partial charge >= 0.3 is 5.97 Å². The average molecular weight is 198 g/mol. The summed E-state index contributed by atoms with van der Waals surface area (Å²) < 4.78 is 0. The van der Waals surface area contributed by atoms with Gasteiger partial charge in [-0.25, -0.2) is 0 Å². The second-order valence-electron chi connectivity index (χ2n) is 4.70. The van der Waals surface area contributed by atoms with Gasteiger partial charge in [-0.1, -0.05) is 0 Å². The Morgan fingerprint density at radius 3 is 2.79 bits per heavy atom. The first-order valence-electron chi connectivity index (χ1n) is 5.29. The van der Waals surface area contributed by atoms with E-state index in [2.05, 4.69) is 10.2 Å². The molecule has 2 aliphatic rings. The van der Waals surface area contributed by atoms with Crippen LogP contribution in [0.25, 0.3) is 0 Å². The molecule has 0 aromatic heterocycles. The lowest BCUT2D eigenvalue weighted by atomic mass is 9.98. The van der Waals surface area contributed by atoms with E-state index >= 15 is 0 Å². The van der Waals surface area contributed by atoms with E-state index in [0.717, 1.165) is 25.4 Å². The highest BCUT2D eigenvalue weighted by molar-refractivity contribution is 5.79. The van der Waals surface area contributed by atoms with Gasteiger partial charge in [0.2, 0.25) is 0 Å². The Bertz CT molecular complexity index is 240. The van der Waals surface area contributed by atoms with Crippen molar-refractivity contribution >= 4 is 5.97 Å². The number of carboxylic acids is 1. The van der Waals surface area contributed by atoms with E-state index in [-0.39, 0.29) is 0 Å². The predicted octanol–water partition coefficient (Wildman–Crippen LogP) is 0.145. The summed E-state index contributed by atoms with van der Waals surface area (Å²) >= 11 is 0. The molecule has 14 heavy (non-hydrogen) atoms. The zero-order chi connectivity index (χ0) is 10.2. The molecular formula is C10H18N2O2. The summed E-state index contributed by atoms with van der Waals surface area (Å²) in [5.41, 5.74) is -0.669. The molecule has 1 aliphatic heterocycles. The summed E-state index contributed by atoms with van der Waals surface area (Å²) in [6.07, 6.45) is 3.25. The number of likely N-dealkylation sites (tertiary alicyclic amines) is 1. The third kappa shape index (κ3) is 1.91. The summed E-state index contributed by atoms with van der Waals surface area (Å²) in [7, 11) is 1.98. The molecule has 0 bridgehead atoms. The van der Waals surface area contributed by atoms with E-state index in [4.69, 9.17) is 0 Å². The van der Waals surface area contributed by atoms with Crippen LogP contribution >= 0.6 is 0 Å². The zero-order valence-electron chi connectivity index (χ0n) is 8.62. The maximum Gasteiger partial charge on any atom is 0.325 e. The summed E-state index contributed by atoms with van der Waals surface area (Å²) in [6.45, 7) is 2.39. The molecule has 4 heteroatoms. The van der Waals surface area contributed by atoms with Crippen LogP contribution in [0.3, 0.4) is 0 Å². The third-order valence-electron chi connectivity index (χ3n) is 3.30. The highest BCUT2D eigenvalue weighted by atomic mass is 16.4. The van der Waals surface area contributed by atoms with Gasteiger partial charge in [-0.3, -0.25) is 4.79 Å². The van der Waals surface area contributed by atoms with Crippen LogP contribution in [0.1, 0.15) is 19.3 Å². The van der Waals surface area contributed by atoms with Crippen LogP contribution < -0.4 is 5.32 Å². The van der Waals surface area contributed by atoms with Crippen LogP contribution in [0.2, 0.25) is 0 Å². The van der Waals surface area contributed by atoms with Crippen LogP contribution in [0, 0.1) is 5.92 Å². The van der Waals surface area contributed by atoms with Crippen LogP contribution in [0.5, 0.6) is 0 Å². The fourth-order valence-electron chi connectivity index (χ4n) is 2.06. The molecule has 1 unspecified atom stereocenters. The summed E-state index contributed by atoms with van der Waals surface area (Å²) in [4.78, 5) is 13.3. The molecule has 1 saturated heterocycles. The lowest BCUT2D eigenvalue weighted by Crippen LogP contribution is -2.54. The molecule has 0 aromatic rings. The van der Waals surface area contributed by atoms with Crippen molar-refractivity contribution in [3.63, 3.8) is 0 Å². The van der Waals surface area contributed by atoms with Gasteiger partial charge in [-0.05, 0) is 38.8 Å². The number of nitrogens with one attached hydrogen (secondary N) is 1. The topological polar surface area (TPSA) is 52.6 Å². The van der Waals surface area contributed by atoms with Crippen LogP contribution in [0.4, 0.5) is 0 Å². The number of hydrogen-bond acceptors (Lipinski definition) is 3. The van der Waals surface area contributed by atoms with Crippen molar-refractivity contribution in [2.24, 2.45) is 5.92 Å². The molecule has 0 radical (unpaired) electrons. The average Bonchev–Trinajstić information content (AvgIpc) is 2.87. The zero-order valence-corrected chi connectivity index (χ0v) is 8.62. The Morgan fingerprint density at radius 1 is 1.64 bits per heavy atom. The minimum atomic E-state index is -0.692. The predicted molar refractivity (Wildman–Crippen MR) is 53.2 cm³/mol. The van der Waals surface area contributed by atoms with Gasteiger partial charge < -0.3 is 15.3 Å². The fourth-order valence-corrected chi connectivity index (χ4v) is 2.06. The van der Waals surface area contributed by atoms with Gasteiger partial charge in [0.1, 0.15) is 5.54 Å². The van der Waals surface area contributed by atoms with E-state index in [9.17, 15) is 9.90 Å². The number of carboxylic acid groups (broad SMARTS) is 1. The Morgan fingerprint density at radius 2 is 2.36 bits per heavy atom. The largest absolute Gasteiger partial charge is 0.480 e. The number of aliphatic carboxylic acids is 1. The molecule has 0 amide bonds.